The van der Waals surface area contributed by atoms with Gasteiger partial charge in [-0.05, 0) is 26.7 Å². The molecule has 0 aromatic carbocycles. The van der Waals surface area contributed by atoms with Gasteiger partial charge in [-0.15, -0.1) is 0 Å². The predicted octanol–water partition coefficient (Wildman–Crippen LogP) is 1.00. The third-order valence-corrected chi connectivity index (χ3v) is 5.09. The summed E-state index contributed by atoms with van der Waals surface area (Å²) in [5.41, 5.74) is -0.980. The highest BCUT2D eigenvalue weighted by atomic mass is 16.7. The molecule has 3 aliphatic heterocycles. The van der Waals surface area contributed by atoms with Crippen molar-refractivity contribution in [1.29, 1.82) is 0 Å². The van der Waals surface area contributed by atoms with Crippen molar-refractivity contribution in [3.05, 3.63) is 0 Å². The van der Waals surface area contributed by atoms with Crippen molar-refractivity contribution in [2.45, 2.75) is 45.3 Å². The van der Waals surface area contributed by atoms with Gasteiger partial charge >= 0.3 is 0 Å². The molecule has 0 aromatic heterocycles. The molecule has 1 spiro atoms. The summed E-state index contributed by atoms with van der Waals surface area (Å²) >= 11 is 0. The number of carbonyl (C=O) groups is 2. The van der Waals surface area contributed by atoms with Crippen molar-refractivity contribution >= 4 is 11.8 Å². The largest absolute Gasteiger partial charge is 0.347 e. The Balaban J connectivity index is 1.61. The molecule has 0 aromatic rings. The standard InChI is InChI=1S/C16H26N2O4/c1-15(2,13(19)17-7-3-4-8-17)14(20)18-9-5-16(6-10-18)21-11-12-22-16/h3-12H2,1-2H3. The summed E-state index contributed by atoms with van der Waals surface area (Å²) in [5, 5.41) is 0. The van der Waals surface area contributed by atoms with E-state index in [-0.39, 0.29) is 11.8 Å². The lowest BCUT2D eigenvalue weighted by Gasteiger charge is -2.40. The molecular weight excluding hydrogens is 284 g/mol. The Morgan fingerprint density at radius 3 is 1.82 bits per heavy atom. The molecule has 0 bridgehead atoms. The maximum atomic E-state index is 12.8. The van der Waals surface area contributed by atoms with Gasteiger partial charge in [0.05, 0.1) is 13.2 Å². The van der Waals surface area contributed by atoms with E-state index in [9.17, 15) is 9.59 Å². The molecule has 6 nitrogen and oxygen atoms in total. The van der Waals surface area contributed by atoms with Gasteiger partial charge in [0, 0.05) is 39.0 Å². The van der Waals surface area contributed by atoms with Gasteiger partial charge in [0.15, 0.2) is 5.79 Å². The first kappa shape index (κ1) is 15.7. The maximum Gasteiger partial charge on any atom is 0.237 e. The average Bonchev–Trinajstić information content (AvgIpc) is 3.18. The molecule has 3 fully saturated rings. The smallest absolute Gasteiger partial charge is 0.237 e. The van der Waals surface area contributed by atoms with E-state index in [1.54, 1.807) is 18.7 Å². The van der Waals surface area contributed by atoms with Gasteiger partial charge in [0.2, 0.25) is 11.8 Å². The molecule has 0 radical (unpaired) electrons. The molecule has 124 valence electrons. The fourth-order valence-corrected chi connectivity index (χ4v) is 3.64. The molecule has 3 heterocycles. The summed E-state index contributed by atoms with van der Waals surface area (Å²) in [6, 6.07) is 0. The zero-order chi connectivity index (χ0) is 15.8. The minimum atomic E-state index is -0.980. The topological polar surface area (TPSA) is 59.1 Å². The molecule has 0 N–H and O–H groups in total. The highest BCUT2D eigenvalue weighted by molar-refractivity contribution is 6.04. The van der Waals surface area contributed by atoms with E-state index in [2.05, 4.69) is 0 Å². The quantitative estimate of drug-likeness (QED) is 0.714. The van der Waals surface area contributed by atoms with Crippen LogP contribution in [0.5, 0.6) is 0 Å². The summed E-state index contributed by atoms with van der Waals surface area (Å²) in [6.07, 6.45) is 3.45. The number of carbonyl (C=O) groups excluding carboxylic acids is 2. The highest BCUT2D eigenvalue weighted by Gasteiger charge is 2.46. The monoisotopic (exact) mass is 310 g/mol. The van der Waals surface area contributed by atoms with Crippen molar-refractivity contribution in [2.24, 2.45) is 5.41 Å². The van der Waals surface area contributed by atoms with Crippen LogP contribution in [0, 0.1) is 5.41 Å². The minimum absolute atomic E-state index is 0.0383. The second-order valence-corrected chi connectivity index (χ2v) is 7.02. The van der Waals surface area contributed by atoms with Gasteiger partial charge < -0.3 is 19.3 Å². The van der Waals surface area contributed by atoms with E-state index in [0.29, 0.717) is 39.1 Å². The number of nitrogens with zero attached hydrogens (tertiary/aromatic N) is 2. The first-order valence-electron chi connectivity index (χ1n) is 8.31. The molecule has 2 amide bonds. The van der Waals surface area contributed by atoms with E-state index < -0.39 is 11.2 Å². The lowest BCUT2D eigenvalue weighted by molar-refractivity contribution is -0.190. The average molecular weight is 310 g/mol. The number of amides is 2. The fourth-order valence-electron chi connectivity index (χ4n) is 3.64. The minimum Gasteiger partial charge on any atom is -0.347 e. The van der Waals surface area contributed by atoms with Gasteiger partial charge in [-0.1, -0.05) is 0 Å². The van der Waals surface area contributed by atoms with Crippen molar-refractivity contribution in [3.63, 3.8) is 0 Å². The van der Waals surface area contributed by atoms with Gasteiger partial charge in [-0.25, -0.2) is 0 Å². The number of hydrogen-bond acceptors (Lipinski definition) is 4. The van der Waals surface area contributed by atoms with E-state index in [1.165, 1.54) is 0 Å². The van der Waals surface area contributed by atoms with Crippen LogP contribution in [0.15, 0.2) is 0 Å². The summed E-state index contributed by atoms with van der Waals surface area (Å²) in [5.74, 6) is -0.597. The number of ether oxygens (including phenoxy) is 2. The zero-order valence-corrected chi connectivity index (χ0v) is 13.6. The van der Waals surface area contributed by atoms with Crippen LogP contribution in [0.2, 0.25) is 0 Å². The van der Waals surface area contributed by atoms with Gasteiger partial charge in [0.1, 0.15) is 5.41 Å². The van der Waals surface area contributed by atoms with Crippen LogP contribution in [0.4, 0.5) is 0 Å². The van der Waals surface area contributed by atoms with Crippen LogP contribution in [0.3, 0.4) is 0 Å². The number of piperidine rings is 1. The SMILES string of the molecule is CC(C)(C(=O)N1CCCC1)C(=O)N1CCC2(CC1)OCCO2. The van der Waals surface area contributed by atoms with Crippen LogP contribution >= 0.6 is 0 Å². The molecule has 0 atom stereocenters. The molecule has 3 aliphatic rings. The van der Waals surface area contributed by atoms with Crippen molar-refractivity contribution in [3.8, 4) is 0 Å². The molecular formula is C16H26N2O4. The maximum absolute atomic E-state index is 12.8. The van der Waals surface area contributed by atoms with E-state index in [4.69, 9.17) is 9.47 Å². The van der Waals surface area contributed by atoms with E-state index in [1.807, 2.05) is 4.90 Å². The number of rotatable bonds is 2. The highest BCUT2D eigenvalue weighted by Crippen LogP contribution is 2.33. The molecule has 0 unspecified atom stereocenters. The summed E-state index contributed by atoms with van der Waals surface area (Å²) < 4.78 is 11.4. The lowest BCUT2D eigenvalue weighted by atomic mass is 9.88. The summed E-state index contributed by atoms with van der Waals surface area (Å²) in [4.78, 5) is 29.1. The Morgan fingerprint density at radius 1 is 0.864 bits per heavy atom. The second-order valence-electron chi connectivity index (χ2n) is 7.02. The third kappa shape index (κ3) is 2.74. The fraction of sp³-hybridized carbons (Fsp3) is 0.875. The molecule has 22 heavy (non-hydrogen) atoms. The number of hydrogen-bond donors (Lipinski definition) is 0. The van der Waals surface area contributed by atoms with Crippen molar-refractivity contribution in [1.82, 2.24) is 9.80 Å². The van der Waals surface area contributed by atoms with Crippen LogP contribution < -0.4 is 0 Å². The summed E-state index contributed by atoms with van der Waals surface area (Å²) in [7, 11) is 0. The normalized spacial score (nSPS) is 25.0. The molecule has 0 saturated carbocycles. The van der Waals surface area contributed by atoms with Crippen LogP contribution in [0.1, 0.15) is 39.5 Å². The Labute approximate surface area is 131 Å². The Kier molecular flexibility index (Phi) is 4.16. The second kappa shape index (κ2) is 5.81. The van der Waals surface area contributed by atoms with Crippen LogP contribution in [0.25, 0.3) is 0 Å². The Morgan fingerprint density at radius 2 is 1.32 bits per heavy atom. The van der Waals surface area contributed by atoms with Crippen LogP contribution in [-0.4, -0.2) is 66.8 Å². The Hall–Kier alpha value is -1.14. The third-order valence-electron chi connectivity index (χ3n) is 5.09. The summed E-state index contributed by atoms with van der Waals surface area (Å²) in [6.45, 7) is 7.51. The van der Waals surface area contributed by atoms with Gasteiger partial charge in [0.25, 0.3) is 0 Å². The zero-order valence-electron chi connectivity index (χ0n) is 13.6. The van der Waals surface area contributed by atoms with Gasteiger partial charge in [-0.2, -0.15) is 0 Å². The molecule has 3 rings (SSSR count). The first-order valence-corrected chi connectivity index (χ1v) is 8.31. The lowest BCUT2D eigenvalue weighted by Crippen LogP contribution is -2.54. The van der Waals surface area contributed by atoms with E-state index >= 15 is 0 Å². The van der Waals surface area contributed by atoms with Crippen LogP contribution in [-0.2, 0) is 19.1 Å². The van der Waals surface area contributed by atoms with E-state index in [0.717, 1.165) is 25.9 Å². The molecule has 0 aliphatic carbocycles. The number of likely N-dealkylation sites (tertiary alicyclic amines) is 2. The van der Waals surface area contributed by atoms with Crippen molar-refractivity contribution in [2.75, 3.05) is 39.4 Å². The predicted molar refractivity (Wildman–Crippen MR) is 80.0 cm³/mol. The van der Waals surface area contributed by atoms with Crippen molar-refractivity contribution < 1.29 is 19.1 Å². The first-order chi connectivity index (χ1) is 10.4. The van der Waals surface area contributed by atoms with Gasteiger partial charge in [-0.3, -0.25) is 9.59 Å². The molecule has 3 saturated heterocycles. The molecule has 6 heteroatoms. The Bertz CT molecular complexity index is 441.